The standard InChI is InChI=1S/C58H37NO2/c1-4-17-38(18-5-1)41-23-14-24-42(33-41)50-34-43(35-51-48-28-12-13-32-55(48)60-57(50)51)44-36-52-49-30-16-29-47(40-19-6-2-7-20-40)56(49)61-58(52)54(37-44)59(45-25-8-3-9-26-45)53-31-15-22-39-21-10-11-27-46(39)53/h1-37H. The van der Waals surface area contributed by atoms with Crippen LogP contribution in [0.4, 0.5) is 17.1 Å². The fraction of sp³-hybridized carbons (Fsp3) is 0. The molecular weight excluding hydrogens is 743 g/mol. The van der Waals surface area contributed by atoms with E-state index in [0.717, 1.165) is 105 Å². The summed E-state index contributed by atoms with van der Waals surface area (Å²) in [6, 6.07) is 79.8. The number of para-hydroxylation sites is 3. The van der Waals surface area contributed by atoms with Crippen LogP contribution in [0.2, 0.25) is 0 Å². The van der Waals surface area contributed by atoms with E-state index >= 15 is 0 Å². The molecule has 2 aromatic heterocycles. The van der Waals surface area contributed by atoms with Crippen molar-refractivity contribution in [2.24, 2.45) is 0 Å². The van der Waals surface area contributed by atoms with Crippen molar-refractivity contribution in [2.75, 3.05) is 4.90 Å². The Morgan fingerprint density at radius 2 is 0.852 bits per heavy atom. The summed E-state index contributed by atoms with van der Waals surface area (Å²) in [7, 11) is 0. The Labute approximate surface area is 353 Å². The van der Waals surface area contributed by atoms with E-state index in [1.807, 2.05) is 6.07 Å². The summed E-state index contributed by atoms with van der Waals surface area (Å²) >= 11 is 0. The van der Waals surface area contributed by atoms with Gasteiger partial charge >= 0.3 is 0 Å². The first kappa shape index (κ1) is 34.9. The highest BCUT2D eigenvalue weighted by Gasteiger charge is 2.25. The van der Waals surface area contributed by atoms with Gasteiger partial charge in [-0.25, -0.2) is 0 Å². The van der Waals surface area contributed by atoms with E-state index in [1.54, 1.807) is 0 Å². The van der Waals surface area contributed by atoms with Crippen LogP contribution in [0.3, 0.4) is 0 Å². The lowest BCUT2D eigenvalue weighted by Gasteiger charge is -2.27. The van der Waals surface area contributed by atoms with Crippen molar-refractivity contribution in [3.05, 3.63) is 224 Å². The van der Waals surface area contributed by atoms with Gasteiger partial charge in [0.2, 0.25) is 0 Å². The molecule has 0 aliphatic heterocycles. The first-order valence-corrected chi connectivity index (χ1v) is 20.7. The minimum absolute atomic E-state index is 0.824. The van der Waals surface area contributed by atoms with Crippen LogP contribution in [0.5, 0.6) is 0 Å². The zero-order chi connectivity index (χ0) is 40.3. The van der Waals surface area contributed by atoms with Gasteiger partial charge in [-0.2, -0.15) is 0 Å². The lowest BCUT2D eigenvalue weighted by Crippen LogP contribution is -2.11. The van der Waals surface area contributed by atoms with Crippen molar-refractivity contribution in [1.82, 2.24) is 0 Å². The normalized spacial score (nSPS) is 11.6. The van der Waals surface area contributed by atoms with E-state index in [9.17, 15) is 0 Å². The summed E-state index contributed by atoms with van der Waals surface area (Å²) in [6.07, 6.45) is 0. The molecule has 61 heavy (non-hydrogen) atoms. The third kappa shape index (κ3) is 5.90. The summed E-state index contributed by atoms with van der Waals surface area (Å²) in [5, 5.41) is 6.60. The molecule has 0 aliphatic rings. The fourth-order valence-electron chi connectivity index (χ4n) is 9.15. The SMILES string of the molecule is c1ccc(-c2cccc(-c3cc(-c4cc(N(c5ccccc5)c5cccc6ccccc56)c5oc6c(-c7ccccc7)cccc6c5c4)cc4c3oc3ccccc34)c2)cc1. The minimum atomic E-state index is 0.824. The third-order valence-electron chi connectivity index (χ3n) is 12.0. The maximum absolute atomic E-state index is 7.20. The first-order chi connectivity index (χ1) is 30.2. The van der Waals surface area contributed by atoms with Gasteiger partial charge in [-0.1, -0.05) is 170 Å². The topological polar surface area (TPSA) is 29.5 Å². The Morgan fingerprint density at radius 1 is 0.279 bits per heavy atom. The average molecular weight is 780 g/mol. The minimum Gasteiger partial charge on any atom is -0.455 e. The molecule has 0 bridgehead atoms. The summed E-state index contributed by atoms with van der Waals surface area (Å²) in [5.74, 6) is 0. The number of anilines is 3. The maximum atomic E-state index is 7.20. The van der Waals surface area contributed by atoms with E-state index < -0.39 is 0 Å². The molecule has 10 aromatic carbocycles. The Hall–Kier alpha value is -8.14. The van der Waals surface area contributed by atoms with Gasteiger partial charge in [0.05, 0.1) is 11.4 Å². The molecule has 3 nitrogen and oxygen atoms in total. The van der Waals surface area contributed by atoms with E-state index in [2.05, 4.69) is 223 Å². The molecule has 0 spiro atoms. The van der Waals surface area contributed by atoms with Gasteiger partial charge in [0.15, 0.2) is 5.58 Å². The summed E-state index contributed by atoms with van der Waals surface area (Å²) in [6.45, 7) is 0. The van der Waals surface area contributed by atoms with E-state index in [-0.39, 0.29) is 0 Å². The van der Waals surface area contributed by atoms with Crippen molar-refractivity contribution < 1.29 is 8.83 Å². The van der Waals surface area contributed by atoms with Gasteiger partial charge in [0.1, 0.15) is 16.7 Å². The van der Waals surface area contributed by atoms with E-state index in [0.29, 0.717) is 0 Å². The number of fused-ring (bicyclic) bond motifs is 7. The predicted molar refractivity (Wildman–Crippen MR) is 255 cm³/mol. The number of benzene rings is 10. The molecule has 12 rings (SSSR count). The average Bonchev–Trinajstić information content (AvgIpc) is 3.91. The molecule has 0 aliphatic carbocycles. The second-order valence-electron chi connectivity index (χ2n) is 15.6. The van der Waals surface area contributed by atoms with Gasteiger partial charge in [-0.3, -0.25) is 0 Å². The molecule has 12 aromatic rings. The number of furan rings is 2. The molecule has 0 atom stereocenters. The highest BCUT2D eigenvalue weighted by molar-refractivity contribution is 6.17. The Bertz CT molecular complexity index is 3580. The number of hydrogen-bond donors (Lipinski definition) is 0. The highest BCUT2D eigenvalue weighted by atomic mass is 16.3. The predicted octanol–water partition coefficient (Wildman–Crippen LogP) is 16.8. The summed E-state index contributed by atoms with van der Waals surface area (Å²) in [4.78, 5) is 2.37. The van der Waals surface area contributed by atoms with E-state index in [1.165, 1.54) is 10.9 Å². The quantitative estimate of drug-likeness (QED) is 0.161. The Morgan fingerprint density at radius 3 is 1.67 bits per heavy atom. The largest absolute Gasteiger partial charge is 0.455 e. The molecule has 0 unspecified atom stereocenters. The highest BCUT2D eigenvalue weighted by Crippen LogP contribution is 2.49. The molecular formula is C58H37NO2. The molecule has 0 amide bonds. The van der Waals surface area contributed by atoms with Gasteiger partial charge in [-0.15, -0.1) is 0 Å². The molecule has 3 heteroatoms. The molecule has 0 radical (unpaired) electrons. The maximum Gasteiger partial charge on any atom is 0.159 e. The van der Waals surface area contributed by atoms with Crippen molar-refractivity contribution in [3.8, 4) is 44.5 Å². The number of nitrogens with zero attached hydrogens (tertiary/aromatic N) is 1. The smallest absolute Gasteiger partial charge is 0.159 e. The van der Waals surface area contributed by atoms with Crippen LogP contribution in [-0.2, 0) is 0 Å². The van der Waals surface area contributed by atoms with Crippen LogP contribution in [0.25, 0.3) is 99.2 Å². The van der Waals surface area contributed by atoms with Crippen LogP contribution < -0.4 is 4.90 Å². The number of rotatable bonds is 7. The van der Waals surface area contributed by atoms with Gasteiger partial charge in [-0.05, 0) is 93.4 Å². The van der Waals surface area contributed by atoms with Gasteiger partial charge < -0.3 is 13.7 Å². The van der Waals surface area contributed by atoms with Crippen molar-refractivity contribution in [2.45, 2.75) is 0 Å². The Balaban J connectivity index is 1.18. The third-order valence-corrected chi connectivity index (χ3v) is 12.0. The second kappa shape index (κ2) is 14.3. The van der Waals surface area contributed by atoms with Gasteiger partial charge in [0, 0.05) is 43.7 Å². The molecule has 286 valence electrons. The first-order valence-electron chi connectivity index (χ1n) is 20.7. The van der Waals surface area contributed by atoms with Crippen LogP contribution in [0.15, 0.2) is 233 Å². The lowest BCUT2D eigenvalue weighted by atomic mass is 9.93. The molecule has 2 heterocycles. The molecule has 0 saturated heterocycles. The monoisotopic (exact) mass is 779 g/mol. The van der Waals surface area contributed by atoms with Crippen LogP contribution >= 0.6 is 0 Å². The van der Waals surface area contributed by atoms with Crippen LogP contribution in [0.1, 0.15) is 0 Å². The zero-order valence-electron chi connectivity index (χ0n) is 33.1. The fourth-order valence-corrected chi connectivity index (χ4v) is 9.15. The lowest BCUT2D eigenvalue weighted by molar-refractivity contribution is 0.669. The molecule has 0 fully saturated rings. The summed E-state index contributed by atoms with van der Waals surface area (Å²) < 4.78 is 13.9. The summed E-state index contributed by atoms with van der Waals surface area (Å²) in [5.41, 5.74) is 15.3. The van der Waals surface area contributed by atoms with Crippen molar-refractivity contribution in [3.63, 3.8) is 0 Å². The second-order valence-corrected chi connectivity index (χ2v) is 15.6. The molecule has 0 saturated carbocycles. The molecule has 0 N–H and O–H groups in total. The van der Waals surface area contributed by atoms with E-state index in [4.69, 9.17) is 8.83 Å². The van der Waals surface area contributed by atoms with Gasteiger partial charge in [0.25, 0.3) is 0 Å². The number of hydrogen-bond acceptors (Lipinski definition) is 3. The van der Waals surface area contributed by atoms with Crippen LogP contribution in [0, 0.1) is 0 Å². The Kier molecular flexibility index (Phi) is 8.17. The van der Waals surface area contributed by atoms with Crippen LogP contribution in [-0.4, -0.2) is 0 Å². The van der Waals surface area contributed by atoms with Crippen molar-refractivity contribution >= 4 is 71.7 Å². The van der Waals surface area contributed by atoms with Crippen molar-refractivity contribution in [1.29, 1.82) is 0 Å². The zero-order valence-corrected chi connectivity index (χ0v) is 33.1.